The van der Waals surface area contributed by atoms with Gasteiger partial charge < -0.3 is 14.2 Å². The van der Waals surface area contributed by atoms with E-state index in [9.17, 15) is 9.59 Å². The maximum absolute atomic E-state index is 12.8. The van der Waals surface area contributed by atoms with E-state index in [2.05, 4.69) is 10.3 Å². The Labute approximate surface area is 177 Å². The topological polar surface area (TPSA) is 85.3 Å². The SMILES string of the molecule is Cc1ccc2oc(-c3cccc(NC(=O)c4cc5ccccc5oc4=O)c3C)nc2c1. The van der Waals surface area contributed by atoms with Gasteiger partial charge in [-0.25, -0.2) is 9.78 Å². The largest absolute Gasteiger partial charge is 0.436 e. The number of anilines is 1. The van der Waals surface area contributed by atoms with Crippen molar-refractivity contribution in [1.82, 2.24) is 4.98 Å². The summed E-state index contributed by atoms with van der Waals surface area (Å²) < 4.78 is 11.2. The van der Waals surface area contributed by atoms with Crippen molar-refractivity contribution in [2.75, 3.05) is 5.32 Å². The van der Waals surface area contributed by atoms with Crippen LogP contribution in [0.1, 0.15) is 21.5 Å². The molecule has 1 N–H and O–H groups in total. The third kappa shape index (κ3) is 3.38. The number of rotatable bonds is 3. The number of hydrogen-bond donors (Lipinski definition) is 1. The highest BCUT2D eigenvalue weighted by Gasteiger charge is 2.17. The molecule has 6 heteroatoms. The molecule has 0 aliphatic rings. The van der Waals surface area contributed by atoms with Gasteiger partial charge in [0.05, 0.1) is 0 Å². The van der Waals surface area contributed by atoms with Crippen LogP contribution in [0, 0.1) is 13.8 Å². The van der Waals surface area contributed by atoms with Crippen LogP contribution < -0.4 is 10.9 Å². The van der Waals surface area contributed by atoms with Gasteiger partial charge in [-0.15, -0.1) is 0 Å². The van der Waals surface area contributed by atoms with Crippen LogP contribution in [0.3, 0.4) is 0 Å². The Hall–Kier alpha value is -4.19. The minimum Gasteiger partial charge on any atom is -0.436 e. The molecular formula is C25H18N2O4. The second-order valence-corrected chi connectivity index (χ2v) is 7.41. The van der Waals surface area contributed by atoms with Crippen LogP contribution >= 0.6 is 0 Å². The minimum atomic E-state index is -0.681. The molecule has 31 heavy (non-hydrogen) atoms. The number of carbonyl (C=O) groups excluding carboxylic acids is 1. The molecule has 0 aliphatic carbocycles. The lowest BCUT2D eigenvalue weighted by Gasteiger charge is -2.10. The molecule has 5 rings (SSSR count). The zero-order valence-electron chi connectivity index (χ0n) is 16.9. The number of amides is 1. The predicted octanol–water partition coefficient (Wildman–Crippen LogP) is 5.47. The number of fused-ring (bicyclic) bond motifs is 2. The first-order valence-electron chi connectivity index (χ1n) is 9.81. The molecule has 152 valence electrons. The molecule has 0 bridgehead atoms. The van der Waals surface area contributed by atoms with Crippen molar-refractivity contribution in [3.05, 3.63) is 93.8 Å². The van der Waals surface area contributed by atoms with Gasteiger partial charge in [0.25, 0.3) is 5.91 Å². The Morgan fingerprint density at radius 2 is 1.74 bits per heavy atom. The lowest BCUT2D eigenvalue weighted by Crippen LogP contribution is -2.21. The van der Waals surface area contributed by atoms with Crippen molar-refractivity contribution in [3.63, 3.8) is 0 Å². The molecule has 0 spiro atoms. The summed E-state index contributed by atoms with van der Waals surface area (Å²) in [5.41, 5.74) is 4.38. The van der Waals surface area contributed by atoms with Crippen molar-refractivity contribution < 1.29 is 13.6 Å². The fraction of sp³-hybridized carbons (Fsp3) is 0.0800. The van der Waals surface area contributed by atoms with Gasteiger partial charge in [0.2, 0.25) is 5.89 Å². The number of nitrogens with one attached hydrogen (secondary N) is 1. The van der Waals surface area contributed by atoms with E-state index >= 15 is 0 Å². The highest BCUT2D eigenvalue weighted by molar-refractivity contribution is 6.06. The molecule has 0 atom stereocenters. The standard InChI is InChI=1S/C25H18N2O4/c1-14-10-11-22-20(12-14)27-24(30-22)17-7-5-8-19(15(17)2)26-23(28)18-13-16-6-3-4-9-21(16)31-25(18)29/h3-13H,1-2H3,(H,26,28). The third-order valence-electron chi connectivity index (χ3n) is 5.24. The van der Waals surface area contributed by atoms with E-state index in [0.29, 0.717) is 28.1 Å². The predicted molar refractivity (Wildman–Crippen MR) is 119 cm³/mol. The molecule has 0 fully saturated rings. The third-order valence-corrected chi connectivity index (χ3v) is 5.24. The summed E-state index contributed by atoms with van der Waals surface area (Å²) in [6.45, 7) is 3.87. The smallest absolute Gasteiger partial charge is 0.349 e. The number of benzene rings is 3. The quantitative estimate of drug-likeness (QED) is 0.399. The van der Waals surface area contributed by atoms with Crippen LogP contribution in [-0.2, 0) is 0 Å². The Balaban J connectivity index is 1.51. The molecule has 0 saturated heterocycles. The Bertz CT molecular complexity index is 1530. The number of hydrogen-bond acceptors (Lipinski definition) is 5. The molecule has 0 aliphatic heterocycles. The van der Waals surface area contributed by atoms with Gasteiger partial charge in [0, 0.05) is 16.6 Å². The second-order valence-electron chi connectivity index (χ2n) is 7.41. The van der Waals surface area contributed by atoms with Crippen LogP contribution in [-0.4, -0.2) is 10.9 Å². The maximum Gasteiger partial charge on any atom is 0.349 e. The molecular weight excluding hydrogens is 392 g/mol. The minimum absolute atomic E-state index is 0.0548. The average Bonchev–Trinajstić information content (AvgIpc) is 3.17. The summed E-state index contributed by atoms with van der Waals surface area (Å²) in [5.74, 6) is -0.0626. The van der Waals surface area contributed by atoms with Crippen LogP contribution in [0.2, 0.25) is 0 Å². The fourth-order valence-electron chi connectivity index (χ4n) is 3.57. The number of oxazole rings is 1. The molecule has 0 radical (unpaired) electrons. The molecule has 6 nitrogen and oxygen atoms in total. The first-order chi connectivity index (χ1) is 15.0. The molecule has 3 aromatic carbocycles. The zero-order chi connectivity index (χ0) is 21.5. The van der Waals surface area contributed by atoms with Crippen LogP contribution in [0.15, 0.2) is 80.4 Å². The van der Waals surface area contributed by atoms with Crippen molar-refractivity contribution in [3.8, 4) is 11.5 Å². The monoisotopic (exact) mass is 410 g/mol. The van der Waals surface area contributed by atoms with Crippen molar-refractivity contribution in [2.45, 2.75) is 13.8 Å². The van der Waals surface area contributed by atoms with Gasteiger partial charge in [0.1, 0.15) is 16.7 Å². The second kappa shape index (κ2) is 7.25. The van der Waals surface area contributed by atoms with Crippen molar-refractivity contribution in [1.29, 1.82) is 0 Å². The van der Waals surface area contributed by atoms with Gasteiger partial charge in [-0.1, -0.05) is 30.3 Å². The van der Waals surface area contributed by atoms with E-state index in [-0.39, 0.29) is 5.56 Å². The number of carbonyl (C=O) groups is 1. The van der Waals surface area contributed by atoms with E-state index in [1.165, 1.54) is 0 Å². The van der Waals surface area contributed by atoms with E-state index in [1.807, 2.05) is 44.2 Å². The van der Waals surface area contributed by atoms with Crippen LogP contribution in [0.25, 0.3) is 33.5 Å². The normalized spacial score (nSPS) is 11.2. The maximum atomic E-state index is 12.8. The molecule has 2 aromatic heterocycles. The Morgan fingerprint density at radius 3 is 2.61 bits per heavy atom. The van der Waals surface area contributed by atoms with E-state index < -0.39 is 11.5 Å². The Kier molecular flexibility index (Phi) is 4.40. The van der Waals surface area contributed by atoms with Gasteiger partial charge >= 0.3 is 5.63 Å². The first kappa shape index (κ1) is 18.8. The molecule has 5 aromatic rings. The number of nitrogens with zero attached hydrogens (tertiary/aromatic N) is 1. The van der Waals surface area contributed by atoms with Gasteiger partial charge in [-0.3, -0.25) is 4.79 Å². The summed E-state index contributed by atoms with van der Waals surface area (Å²) in [6.07, 6.45) is 0. The summed E-state index contributed by atoms with van der Waals surface area (Å²) >= 11 is 0. The zero-order valence-corrected chi connectivity index (χ0v) is 16.9. The summed E-state index contributed by atoms with van der Waals surface area (Å²) in [6, 6.07) is 19.9. The van der Waals surface area contributed by atoms with Crippen molar-refractivity contribution >= 4 is 33.7 Å². The molecule has 0 unspecified atom stereocenters. The average molecular weight is 410 g/mol. The highest BCUT2D eigenvalue weighted by Crippen LogP contribution is 2.31. The van der Waals surface area contributed by atoms with E-state index in [0.717, 1.165) is 22.2 Å². The first-order valence-corrected chi connectivity index (χ1v) is 9.81. The molecule has 2 heterocycles. The molecule has 1 amide bonds. The molecule has 0 saturated carbocycles. The lowest BCUT2D eigenvalue weighted by molar-refractivity contribution is 0.102. The highest BCUT2D eigenvalue weighted by atomic mass is 16.4. The Morgan fingerprint density at radius 1 is 0.903 bits per heavy atom. The van der Waals surface area contributed by atoms with Gasteiger partial charge in [0.15, 0.2) is 5.58 Å². The number of aryl methyl sites for hydroxylation is 1. The van der Waals surface area contributed by atoms with Crippen molar-refractivity contribution in [2.24, 2.45) is 0 Å². The fourth-order valence-corrected chi connectivity index (χ4v) is 3.57. The summed E-state index contributed by atoms with van der Waals surface area (Å²) in [5, 5.41) is 3.50. The van der Waals surface area contributed by atoms with E-state index in [1.54, 1.807) is 36.4 Å². The number of aromatic nitrogens is 1. The number of para-hydroxylation sites is 1. The van der Waals surface area contributed by atoms with Gasteiger partial charge in [-0.2, -0.15) is 0 Å². The van der Waals surface area contributed by atoms with Crippen LogP contribution in [0.5, 0.6) is 0 Å². The summed E-state index contributed by atoms with van der Waals surface area (Å²) in [7, 11) is 0. The lowest BCUT2D eigenvalue weighted by atomic mass is 10.1. The van der Waals surface area contributed by atoms with Gasteiger partial charge in [-0.05, 0) is 61.4 Å². The summed E-state index contributed by atoms with van der Waals surface area (Å²) in [4.78, 5) is 29.7. The van der Waals surface area contributed by atoms with E-state index in [4.69, 9.17) is 8.83 Å². The van der Waals surface area contributed by atoms with Crippen LogP contribution in [0.4, 0.5) is 5.69 Å².